The molecule has 0 saturated carbocycles. The summed E-state index contributed by atoms with van der Waals surface area (Å²) in [4.78, 5) is 11.4. The topological polar surface area (TPSA) is 79.9 Å². The third kappa shape index (κ3) is 2.65. The van der Waals surface area contributed by atoms with Crippen LogP contribution in [-0.4, -0.2) is 31.2 Å². The molecule has 3 rings (SSSR count). The van der Waals surface area contributed by atoms with Crippen molar-refractivity contribution in [1.82, 2.24) is 19.5 Å². The quantitative estimate of drug-likeness (QED) is 0.716. The molecule has 0 amide bonds. The zero-order valence-electron chi connectivity index (χ0n) is 10.9. The van der Waals surface area contributed by atoms with E-state index in [1.165, 1.54) is 0 Å². The molecule has 20 heavy (non-hydrogen) atoms. The Morgan fingerprint density at radius 1 is 1.45 bits per heavy atom. The van der Waals surface area contributed by atoms with Crippen LogP contribution in [0, 0.1) is 5.92 Å². The SMILES string of the molecule is OCC(Cc1ccco1)Cn1ccnc1-c1cnc[nH]1. The molecule has 104 valence electrons. The molecule has 0 saturated heterocycles. The summed E-state index contributed by atoms with van der Waals surface area (Å²) in [6, 6.07) is 3.78. The van der Waals surface area contributed by atoms with E-state index >= 15 is 0 Å². The Labute approximate surface area is 116 Å². The van der Waals surface area contributed by atoms with Crippen molar-refractivity contribution in [3.8, 4) is 11.5 Å². The van der Waals surface area contributed by atoms with Crippen molar-refractivity contribution in [3.05, 3.63) is 49.1 Å². The van der Waals surface area contributed by atoms with Crippen LogP contribution in [0.5, 0.6) is 0 Å². The average Bonchev–Trinajstić information content (AvgIpc) is 3.20. The number of imidazole rings is 2. The maximum absolute atomic E-state index is 9.55. The number of nitrogens with zero attached hydrogens (tertiary/aromatic N) is 3. The summed E-state index contributed by atoms with van der Waals surface area (Å²) in [6.07, 6.45) is 9.36. The second-order valence-corrected chi connectivity index (χ2v) is 4.70. The molecule has 0 spiro atoms. The van der Waals surface area contributed by atoms with E-state index in [1.807, 2.05) is 22.9 Å². The molecule has 3 aromatic heterocycles. The van der Waals surface area contributed by atoms with Gasteiger partial charge in [-0.2, -0.15) is 0 Å². The summed E-state index contributed by atoms with van der Waals surface area (Å²) < 4.78 is 7.35. The molecule has 6 nitrogen and oxygen atoms in total. The van der Waals surface area contributed by atoms with Crippen LogP contribution in [-0.2, 0) is 13.0 Å². The van der Waals surface area contributed by atoms with E-state index in [0.717, 1.165) is 17.3 Å². The fourth-order valence-electron chi connectivity index (χ4n) is 2.26. The van der Waals surface area contributed by atoms with Crippen LogP contribution in [0.25, 0.3) is 11.5 Å². The van der Waals surface area contributed by atoms with Gasteiger partial charge in [-0.25, -0.2) is 9.97 Å². The van der Waals surface area contributed by atoms with Crippen LogP contribution in [0.15, 0.2) is 47.7 Å². The molecular formula is C14H16N4O2. The van der Waals surface area contributed by atoms with E-state index in [2.05, 4.69) is 15.0 Å². The third-order valence-corrected chi connectivity index (χ3v) is 3.24. The van der Waals surface area contributed by atoms with Gasteiger partial charge in [0, 0.05) is 37.9 Å². The Hall–Kier alpha value is -2.34. The van der Waals surface area contributed by atoms with Gasteiger partial charge < -0.3 is 19.1 Å². The van der Waals surface area contributed by atoms with Gasteiger partial charge in [0.2, 0.25) is 0 Å². The zero-order chi connectivity index (χ0) is 13.8. The predicted octanol–water partition coefficient (Wildman–Crippen LogP) is 1.72. The summed E-state index contributed by atoms with van der Waals surface area (Å²) in [5, 5.41) is 9.55. The van der Waals surface area contributed by atoms with Gasteiger partial charge in [-0.3, -0.25) is 0 Å². The largest absolute Gasteiger partial charge is 0.469 e. The number of H-pyrrole nitrogens is 1. The zero-order valence-corrected chi connectivity index (χ0v) is 10.9. The number of furan rings is 1. The van der Waals surface area contributed by atoms with E-state index in [4.69, 9.17) is 4.42 Å². The number of aromatic amines is 1. The number of hydrogen-bond acceptors (Lipinski definition) is 4. The van der Waals surface area contributed by atoms with E-state index in [9.17, 15) is 5.11 Å². The molecule has 3 heterocycles. The highest BCUT2D eigenvalue weighted by molar-refractivity contribution is 5.47. The minimum absolute atomic E-state index is 0.0806. The molecular weight excluding hydrogens is 256 g/mol. The Morgan fingerprint density at radius 2 is 2.40 bits per heavy atom. The highest BCUT2D eigenvalue weighted by Crippen LogP contribution is 2.17. The van der Waals surface area contributed by atoms with Crippen molar-refractivity contribution in [1.29, 1.82) is 0 Å². The minimum Gasteiger partial charge on any atom is -0.469 e. The highest BCUT2D eigenvalue weighted by Gasteiger charge is 2.14. The van der Waals surface area contributed by atoms with E-state index < -0.39 is 0 Å². The first-order valence-electron chi connectivity index (χ1n) is 6.50. The lowest BCUT2D eigenvalue weighted by Crippen LogP contribution is -2.17. The number of hydrogen-bond donors (Lipinski definition) is 2. The average molecular weight is 272 g/mol. The molecule has 0 radical (unpaired) electrons. The number of aliphatic hydroxyl groups is 1. The van der Waals surface area contributed by atoms with Crippen molar-refractivity contribution in [2.75, 3.05) is 6.61 Å². The Balaban J connectivity index is 1.75. The number of nitrogens with one attached hydrogen (secondary N) is 1. The van der Waals surface area contributed by atoms with Gasteiger partial charge in [-0.1, -0.05) is 0 Å². The molecule has 0 bridgehead atoms. The summed E-state index contributed by atoms with van der Waals surface area (Å²) in [7, 11) is 0. The van der Waals surface area contributed by atoms with Crippen LogP contribution in [0.3, 0.4) is 0 Å². The normalized spacial score (nSPS) is 12.7. The second-order valence-electron chi connectivity index (χ2n) is 4.70. The first kappa shape index (κ1) is 12.7. The monoisotopic (exact) mass is 272 g/mol. The number of aromatic nitrogens is 4. The van der Waals surface area contributed by atoms with Crippen LogP contribution >= 0.6 is 0 Å². The summed E-state index contributed by atoms with van der Waals surface area (Å²) in [5.74, 6) is 1.78. The summed E-state index contributed by atoms with van der Waals surface area (Å²) in [5.41, 5.74) is 0.865. The number of rotatable bonds is 6. The molecule has 0 aliphatic heterocycles. The first-order chi connectivity index (χ1) is 9.86. The van der Waals surface area contributed by atoms with Crippen molar-refractivity contribution in [2.24, 2.45) is 5.92 Å². The fraction of sp³-hybridized carbons (Fsp3) is 0.286. The van der Waals surface area contributed by atoms with Gasteiger partial charge in [0.1, 0.15) is 11.5 Å². The van der Waals surface area contributed by atoms with Gasteiger partial charge >= 0.3 is 0 Å². The lowest BCUT2D eigenvalue weighted by molar-refractivity contribution is 0.204. The fourth-order valence-corrected chi connectivity index (χ4v) is 2.26. The maximum Gasteiger partial charge on any atom is 0.158 e. The van der Waals surface area contributed by atoms with Crippen LogP contribution in [0.1, 0.15) is 5.76 Å². The highest BCUT2D eigenvalue weighted by atomic mass is 16.3. The molecule has 1 unspecified atom stereocenters. The van der Waals surface area contributed by atoms with E-state index in [0.29, 0.717) is 13.0 Å². The predicted molar refractivity (Wildman–Crippen MR) is 72.8 cm³/mol. The van der Waals surface area contributed by atoms with Gasteiger partial charge in [0.05, 0.1) is 18.8 Å². The molecule has 2 N–H and O–H groups in total. The van der Waals surface area contributed by atoms with Crippen molar-refractivity contribution >= 4 is 0 Å². The molecule has 0 fully saturated rings. The Kier molecular flexibility index (Phi) is 3.64. The molecule has 3 aromatic rings. The van der Waals surface area contributed by atoms with Crippen molar-refractivity contribution in [3.63, 3.8) is 0 Å². The number of aliphatic hydroxyl groups excluding tert-OH is 1. The van der Waals surface area contributed by atoms with Crippen molar-refractivity contribution < 1.29 is 9.52 Å². The van der Waals surface area contributed by atoms with Gasteiger partial charge in [0.15, 0.2) is 5.82 Å². The molecule has 1 atom stereocenters. The van der Waals surface area contributed by atoms with Gasteiger partial charge in [-0.05, 0) is 12.1 Å². The Bertz CT molecular complexity index is 628. The first-order valence-corrected chi connectivity index (χ1v) is 6.50. The smallest absolute Gasteiger partial charge is 0.158 e. The van der Waals surface area contributed by atoms with Gasteiger partial charge in [0.25, 0.3) is 0 Å². The Morgan fingerprint density at radius 3 is 3.10 bits per heavy atom. The maximum atomic E-state index is 9.55. The van der Waals surface area contributed by atoms with E-state index in [-0.39, 0.29) is 12.5 Å². The second kappa shape index (κ2) is 5.75. The molecule has 0 aromatic carbocycles. The standard InChI is InChI=1S/C14H16N4O2/c19-9-11(6-12-2-1-5-20-12)8-18-4-3-16-14(18)13-7-15-10-17-13/h1-5,7,10-11,19H,6,8-9H2,(H,15,17). The minimum atomic E-state index is 0.0806. The molecule has 0 aliphatic rings. The van der Waals surface area contributed by atoms with Crippen LogP contribution in [0.4, 0.5) is 0 Å². The molecule has 0 aliphatic carbocycles. The van der Waals surface area contributed by atoms with Crippen molar-refractivity contribution in [2.45, 2.75) is 13.0 Å². The summed E-state index contributed by atoms with van der Waals surface area (Å²) >= 11 is 0. The lowest BCUT2D eigenvalue weighted by atomic mass is 10.0. The van der Waals surface area contributed by atoms with Gasteiger partial charge in [-0.15, -0.1) is 0 Å². The lowest BCUT2D eigenvalue weighted by Gasteiger charge is -2.15. The molecule has 6 heteroatoms. The van der Waals surface area contributed by atoms with Crippen LogP contribution < -0.4 is 0 Å². The third-order valence-electron chi connectivity index (χ3n) is 3.24. The van der Waals surface area contributed by atoms with E-state index in [1.54, 1.807) is 25.0 Å². The summed E-state index contributed by atoms with van der Waals surface area (Å²) in [6.45, 7) is 0.771. The van der Waals surface area contributed by atoms with Crippen LogP contribution in [0.2, 0.25) is 0 Å².